The van der Waals surface area contributed by atoms with Gasteiger partial charge in [0.2, 0.25) is 11.9 Å². The maximum Gasteiger partial charge on any atom is 0.228 e. The Hall–Kier alpha value is -2.80. The standard InChI is InChI=1S/C16H11FN4OS/c17-10-3-1-2-4-11(10)20-16-18-8-9-7-13(22)19-12-5-6-23-15(12)14(9)21-16/h1-6,8H,7H2,(H,19,22)(H,18,20,21). The van der Waals surface area contributed by atoms with Crippen molar-refractivity contribution in [3.63, 3.8) is 0 Å². The summed E-state index contributed by atoms with van der Waals surface area (Å²) in [4.78, 5) is 21.5. The molecule has 0 aliphatic carbocycles. The summed E-state index contributed by atoms with van der Waals surface area (Å²) in [5.41, 5.74) is 2.50. The third kappa shape index (κ3) is 2.55. The second-order valence-electron chi connectivity index (χ2n) is 5.06. The van der Waals surface area contributed by atoms with Gasteiger partial charge in [0.15, 0.2) is 0 Å². The Morgan fingerprint density at radius 3 is 3.00 bits per heavy atom. The van der Waals surface area contributed by atoms with Crippen LogP contribution in [0.2, 0.25) is 0 Å². The minimum atomic E-state index is -0.375. The van der Waals surface area contributed by atoms with E-state index in [1.54, 1.807) is 24.4 Å². The first kappa shape index (κ1) is 13.8. The number of rotatable bonds is 2. The monoisotopic (exact) mass is 326 g/mol. The van der Waals surface area contributed by atoms with E-state index >= 15 is 0 Å². The Morgan fingerprint density at radius 1 is 1.26 bits per heavy atom. The zero-order chi connectivity index (χ0) is 15.8. The Balaban J connectivity index is 1.77. The number of carbonyl (C=O) groups excluding carboxylic acids is 1. The molecule has 0 unspecified atom stereocenters. The number of amides is 1. The number of benzene rings is 1. The lowest BCUT2D eigenvalue weighted by Crippen LogP contribution is -2.12. The summed E-state index contributed by atoms with van der Waals surface area (Å²) in [6.07, 6.45) is 1.83. The highest BCUT2D eigenvalue weighted by atomic mass is 32.1. The van der Waals surface area contributed by atoms with Gasteiger partial charge < -0.3 is 10.6 Å². The smallest absolute Gasteiger partial charge is 0.228 e. The molecule has 3 aromatic rings. The number of nitrogens with zero attached hydrogens (tertiary/aromatic N) is 2. The van der Waals surface area contributed by atoms with Crippen molar-refractivity contribution in [3.05, 3.63) is 53.3 Å². The molecule has 1 amide bonds. The van der Waals surface area contributed by atoms with E-state index in [1.165, 1.54) is 17.4 Å². The predicted molar refractivity (Wildman–Crippen MR) is 87.4 cm³/mol. The van der Waals surface area contributed by atoms with Crippen LogP contribution in [0.3, 0.4) is 0 Å². The normalized spacial score (nSPS) is 12.8. The highest BCUT2D eigenvalue weighted by molar-refractivity contribution is 7.14. The Kier molecular flexibility index (Phi) is 3.27. The van der Waals surface area contributed by atoms with Crippen molar-refractivity contribution in [2.45, 2.75) is 6.42 Å². The minimum absolute atomic E-state index is 0.0955. The predicted octanol–water partition coefficient (Wildman–Crippen LogP) is 3.58. The molecule has 0 fully saturated rings. The molecule has 0 radical (unpaired) electrons. The average Bonchev–Trinajstić information content (AvgIpc) is 2.94. The summed E-state index contributed by atoms with van der Waals surface area (Å²) < 4.78 is 13.7. The second-order valence-corrected chi connectivity index (χ2v) is 5.98. The van der Waals surface area contributed by atoms with Gasteiger partial charge in [0.1, 0.15) is 5.82 Å². The zero-order valence-electron chi connectivity index (χ0n) is 11.8. The number of anilines is 3. The second kappa shape index (κ2) is 5.44. The van der Waals surface area contributed by atoms with Crippen molar-refractivity contribution >= 4 is 34.6 Å². The number of nitrogens with one attached hydrogen (secondary N) is 2. The number of fused-ring (bicyclic) bond motifs is 3. The lowest BCUT2D eigenvalue weighted by molar-refractivity contribution is -0.115. The topological polar surface area (TPSA) is 66.9 Å². The van der Waals surface area contributed by atoms with Crippen molar-refractivity contribution in [1.82, 2.24) is 9.97 Å². The highest BCUT2D eigenvalue weighted by Gasteiger charge is 2.22. The van der Waals surface area contributed by atoms with Crippen LogP contribution in [0.15, 0.2) is 41.9 Å². The molecule has 1 aliphatic rings. The van der Waals surface area contributed by atoms with Crippen LogP contribution >= 0.6 is 11.3 Å². The summed E-state index contributed by atoms with van der Waals surface area (Å²) in [5, 5.41) is 7.62. The van der Waals surface area contributed by atoms with Gasteiger partial charge in [0.25, 0.3) is 0 Å². The van der Waals surface area contributed by atoms with Gasteiger partial charge in [0.05, 0.1) is 28.4 Å². The van der Waals surface area contributed by atoms with Crippen molar-refractivity contribution in [2.24, 2.45) is 0 Å². The van der Waals surface area contributed by atoms with Crippen LogP contribution < -0.4 is 10.6 Å². The maximum absolute atomic E-state index is 13.7. The van der Waals surface area contributed by atoms with Gasteiger partial charge in [-0.3, -0.25) is 4.79 Å². The van der Waals surface area contributed by atoms with Gasteiger partial charge in [-0.05, 0) is 23.6 Å². The van der Waals surface area contributed by atoms with Gasteiger partial charge in [-0.1, -0.05) is 12.1 Å². The third-order valence-corrected chi connectivity index (χ3v) is 4.41. The molecule has 7 heteroatoms. The van der Waals surface area contributed by atoms with E-state index in [4.69, 9.17) is 0 Å². The third-order valence-electron chi connectivity index (χ3n) is 3.49. The van der Waals surface area contributed by atoms with E-state index in [1.807, 2.05) is 11.4 Å². The summed E-state index contributed by atoms with van der Waals surface area (Å²) in [5.74, 6) is -0.177. The fourth-order valence-corrected chi connectivity index (χ4v) is 3.31. The van der Waals surface area contributed by atoms with Crippen molar-refractivity contribution < 1.29 is 9.18 Å². The quantitative estimate of drug-likeness (QED) is 0.755. The molecule has 4 rings (SSSR count). The van der Waals surface area contributed by atoms with Crippen molar-refractivity contribution in [3.8, 4) is 10.6 Å². The minimum Gasteiger partial charge on any atom is -0.324 e. The van der Waals surface area contributed by atoms with E-state index in [0.29, 0.717) is 17.3 Å². The van der Waals surface area contributed by atoms with Crippen molar-refractivity contribution in [2.75, 3.05) is 10.6 Å². The van der Waals surface area contributed by atoms with Crippen LogP contribution in [0.1, 0.15) is 5.56 Å². The summed E-state index contributed by atoms with van der Waals surface area (Å²) >= 11 is 1.49. The van der Waals surface area contributed by atoms with Crippen LogP contribution in [0.4, 0.5) is 21.7 Å². The zero-order valence-corrected chi connectivity index (χ0v) is 12.7. The lowest BCUT2D eigenvalue weighted by Gasteiger charge is -2.09. The number of thiophene rings is 1. The first-order valence-electron chi connectivity index (χ1n) is 6.96. The molecule has 1 aromatic carbocycles. The first-order chi connectivity index (χ1) is 11.2. The molecule has 0 spiro atoms. The Bertz CT molecular complexity index is 909. The van der Waals surface area contributed by atoms with Gasteiger partial charge >= 0.3 is 0 Å². The Morgan fingerprint density at radius 2 is 2.13 bits per heavy atom. The van der Waals surface area contributed by atoms with Gasteiger partial charge in [-0.25, -0.2) is 14.4 Å². The summed E-state index contributed by atoms with van der Waals surface area (Å²) in [6.45, 7) is 0. The molecule has 0 saturated heterocycles. The van der Waals surface area contributed by atoms with Crippen LogP contribution in [-0.4, -0.2) is 15.9 Å². The van der Waals surface area contributed by atoms with Crippen LogP contribution in [-0.2, 0) is 11.2 Å². The van der Waals surface area contributed by atoms with E-state index in [9.17, 15) is 9.18 Å². The Labute approximate surface area is 135 Å². The number of para-hydroxylation sites is 1. The maximum atomic E-state index is 13.7. The molecule has 1 aliphatic heterocycles. The molecule has 0 saturated carbocycles. The molecule has 3 heterocycles. The highest BCUT2D eigenvalue weighted by Crippen LogP contribution is 2.37. The fraction of sp³-hybridized carbons (Fsp3) is 0.0625. The molecule has 2 N–H and O–H groups in total. The molecule has 114 valence electrons. The van der Waals surface area contributed by atoms with Crippen LogP contribution in [0.25, 0.3) is 10.6 Å². The number of hydrogen-bond donors (Lipinski definition) is 2. The number of halogens is 1. The molecule has 0 bridgehead atoms. The molecule has 2 aromatic heterocycles. The largest absolute Gasteiger partial charge is 0.324 e. The summed E-state index contributed by atoms with van der Waals surface area (Å²) in [6, 6.07) is 8.18. The molecular weight excluding hydrogens is 315 g/mol. The van der Waals surface area contributed by atoms with Gasteiger partial charge in [-0.2, -0.15) is 0 Å². The average molecular weight is 326 g/mol. The number of carbonyl (C=O) groups is 1. The number of hydrogen-bond acceptors (Lipinski definition) is 5. The van der Waals surface area contributed by atoms with E-state index < -0.39 is 0 Å². The molecule has 23 heavy (non-hydrogen) atoms. The SMILES string of the molecule is O=C1Cc2cnc(Nc3ccccc3F)nc2-c2sccc2N1. The number of aromatic nitrogens is 2. The van der Waals surface area contributed by atoms with Gasteiger partial charge in [0, 0.05) is 11.8 Å². The lowest BCUT2D eigenvalue weighted by atomic mass is 10.1. The van der Waals surface area contributed by atoms with Crippen molar-refractivity contribution in [1.29, 1.82) is 0 Å². The first-order valence-corrected chi connectivity index (χ1v) is 7.84. The van der Waals surface area contributed by atoms with Gasteiger partial charge in [-0.15, -0.1) is 11.3 Å². The van der Waals surface area contributed by atoms with E-state index in [-0.39, 0.29) is 18.1 Å². The van der Waals surface area contributed by atoms with Crippen LogP contribution in [0, 0.1) is 5.82 Å². The molecule has 5 nitrogen and oxygen atoms in total. The molecule has 0 atom stereocenters. The van der Waals surface area contributed by atoms with E-state index in [2.05, 4.69) is 20.6 Å². The van der Waals surface area contributed by atoms with Crippen LogP contribution in [0.5, 0.6) is 0 Å². The molecular formula is C16H11FN4OS. The fourth-order valence-electron chi connectivity index (χ4n) is 2.43. The van der Waals surface area contributed by atoms with E-state index in [0.717, 1.165) is 16.1 Å². The summed E-state index contributed by atoms with van der Waals surface area (Å²) in [7, 11) is 0.